The molecule has 0 atom stereocenters. The van der Waals surface area contributed by atoms with E-state index in [4.69, 9.17) is 4.74 Å². The van der Waals surface area contributed by atoms with E-state index in [1.54, 1.807) is 43.5 Å². The summed E-state index contributed by atoms with van der Waals surface area (Å²) in [5.74, 6) is 0.229. The topological polar surface area (TPSA) is 71.2 Å². The Labute approximate surface area is 122 Å². The van der Waals surface area contributed by atoms with Crippen LogP contribution in [0.2, 0.25) is 0 Å². The SMILES string of the molecule is COc1ccc(C(=O)/C(=C/O)N=Nc2ccccc2)cc1. The molecule has 2 aromatic carbocycles. The fourth-order valence-corrected chi connectivity index (χ4v) is 1.63. The van der Waals surface area contributed by atoms with Crippen LogP contribution in [0.4, 0.5) is 5.69 Å². The average molecular weight is 282 g/mol. The quantitative estimate of drug-likeness (QED) is 0.389. The molecule has 106 valence electrons. The molecule has 0 aromatic heterocycles. The Hall–Kier alpha value is -2.95. The van der Waals surface area contributed by atoms with Gasteiger partial charge >= 0.3 is 0 Å². The highest BCUT2D eigenvalue weighted by atomic mass is 16.5. The lowest BCUT2D eigenvalue weighted by Crippen LogP contribution is -2.01. The third-order valence-corrected chi connectivity index (χ3v) is 2.74. The van der Waals surface area contributed by atoms with Gasteiger partial charge in [-0.15, -0.1) is 5.11 Å². The molecule has 0 radical (unpaired) electrons. The van der Waals surface area contributed by atoms with Gasteiger partial charge in [0.05, 0.1) is 12.8 Å². The van der Waals surface area contributed by atoms with E-state index < -0.39 is 5.78 Å². The predicted molar refractivity (Wildman–Crippen MR) is 79.0 cm³/mol. The summed E-state index contributed by atoms with van der Waals surface area (Å²) < 4.78 is 5.02. The first-order chi connectivity index (χ1) is 10.2. The summed E-state index contributed by atoms with van der Waals surface area (Å²) in [5, 5.41) is 16.9. The molecule has 0 bridgehead atoms. The molecule has 0 saturated heterocycles. The lowest BCUT2D eigenvalue weighted by atomic mass is 10.1. The fourth-order valence-electron chi connectivity index (χ4n) is 1.63. The van der Waals surface area contributed by atoms with Gasteiger partial charge in [0.2, 0.25) is 5.78 Å². The maximum atomic E-state index is 12.2. The average Bonchev–Trinajstić information content (AvgIpc) is 2.56. The van der Waals surface area contributed by atoms with Gasteiger partial charge in [-0.25, -0.2) is 0 Å². The summed E-state index contributed by atoms with van der Waals surface area (Å²) in [6.07, 6.45) is 0.652. The van der Waals surface area contributed by atoms with Crippen molar-refractivity contribution in [1.29, 1.82) is 0 Å². The monoisotopic (exact) mass is 282 g/mol. The summed E-state index contributed by atoms with van der Waals surface area (Å²) in [7, 11) is 1.55. The normalized spacial score (nSPS) is 11.6. The van der Waals surface area contributed by atoms with Gasteiger partial charge in [-0.05, 0) is 36.4 Å². The number of Topliss-reactive ketones (excluding diaryl/α,β-unsaturated/α-hetero) is 1. The number of azo groups is 1. The third kappa shape index (κ3) is 3.76. The van der Waals surface area contributed by atoms with Gasteiger partial charge in [-0.3, -0.25) is 4.79 Å². The fraction of sp³-hybridized carbons (Fsp3) is 0.0625. The predicted octanol–water partition coefficient (Wildman–Crippen LogP) is 4.06. The minimum absolute atomic E-state index is 0.135. The maximum Gasteiger partial charge on any atom is 0.216 e. The minimum atomic E-state index is -0.417. The first-order valence-corrected chi connectivity index (χ1v) is 6.24. The summed E-state index contributed by atoms with van der Waals surface area (Å²) in [5.41, 5.74) is 0.853. The van der Waals surface area contributed by atoms with Crippen molar-refractivity contribution in [2.24, 2.45) is 10.2 Å². The highest BCUT2D eigenvalue weighted by molar-refractivity contribution is 6.08. The number of nitrogens with zero attached hydrogens (tertiary/aromatic N) is 2. The zero-order valence-corrected chi connectivity index (χ0v) is 11.4. The van der Waals surface area contributed by atoms with Gasteiger partial charge in [-0.1, -0.05) is 18.2 Å². The molecule has 2 rings (SSSR count). The summed E-state index contributed by atoms with van der Waals surface area (Å²) in [4.78, 5) is 12.2. The van der Waals surface area contributed by atoms with Crippen molar-refractivity contribution in [3.8, 4) is 5.75 Å². The van der Waals surface area contributed by atoms with Gasteiger partial charge in [0, 0.05) is 5.56 Å². The standard InChI is InChI=1S/C16H14N2O3/c1-21-14-9-7-12(8-10-14)16(20)15(11-19)18-17-13-5-3-2-4-6-13/h2-11,19H,1H3/b15-11-,18-17?. The Kier molecular flexibility index (Phi) is 4.82. The van der Waals surface area contributed by atoms with Crippen LogP contribution in [0.25, 0.3) is 0 Å². The van der Waals surface area contributed by atoms with Crippen LogP contribution in [0.15, 0.2) is 76.8 Å². The van der Waals surface area contributed by atoms with Gasteiger partial charge in [0.15, 0.2) is 5.70 Å². The molecule has 0 aliphatic heterocycles. The number of carbonyl (C=O) groups is 1. The minimum Gasteiger partial charge on any atom is -0.513 e. The first kappa shape index (κ1) is 14.5. The van der Waals surface area contributed by atoms with Gasteiger partial charge in [0.1, 0.15) is 12.0 Å². The summed E-state index contributed by atoms with van der Waals surface area (Å²) in [6.45, 7) is 0. The number of benzene rings is 2. The molecule has 0 amide bonds. The van der Waals surface area contributed by atoms with Crippen LogP contribution in [0, 0.1) is 0 Å². The van der Waals surface area contributed by atoms with Crippen LogP contribution in [-0.4, -0.2) is 18.0 Å². The maximum absolute atomic E-state index is 12.2. The Bertz CT molecular complexity index is 662. The first-order valence-electron chi connectivity index (χ1n) is 6.24. The van der Waals surface area contributed by atoms with Crippen LogP contribution >= 0.6 is 0 Å². The number of hydrogen-bond acceptors (Lipinski definition) is 5. The Balaban J connectivity index is 2.17. The zero-order valence-electron chi connectivity index (χ0n) is 11.4. The number of ether oxygens (including phenoxy) is 1. The molecule has 2 aromatic rings. The molecule has 0 fully saturated rings. The van der Waals surface area contributed by atoms with Crippen molar-refractivity contribution in [2.45, 2.75) is 0 Å². The van der Waals surface area contributed by atoms with Crippen molar-refractivity contribution < 1.29 is 14.6 Å². The molecule has 0 aliphatic carbocycles. The Morgan fingerprint density at radius 1 is 1.10 bits per heavy atom. The second-order valence-electron chi connectivity index (χ2n) is 4.11. The number of allylic oxidation sites excluding steroid dienone is 1. The second-order valence-corrected chi connectivity index (χ2v) is 4.11. The lowest BCUT2D eigenvalue weighted by Gasteiger charge is -2.02. The van der Waals surface area contributed by atoms with E-state index in [-0.39, 0.29) is 5.70 Å². The van der Waals surface area contributed by atoms with Crippen LogP contribution in [0.3, 0.4) is 0 Å². The molecular formula is C16H14N2O3. The summed E-state index contributed by atoms with van der Waals surface area (Å²) >= 11 is 0. The number of ketones is 1. The van der Waals surface area contributed by atoms with Crippen LogP contribution in [0.5, 0.6) is 5.75 Å². The van der Waals surface area contributed by atoms with Gasteiger partial charge < -0.3 is 9.84 Å². The Morgan fingerprint density at radius 2 is 1.76 bits per heavy atom. The molecule has 0 heterocycles. The van der Waals surface area contributed by atoms with E-state index >= 15 is 0 Å². The van der Waals surface area contributed by atoms with Crippen molar-refractivity contribution in [3.63, 3.8) is 0 Å². The molecule has 5 heteroatoms. The highest BCUT2D eigenvalue weighted by Crippen LogP contribution is 2.17. The molecular weight excluding hydrogens is 268 g/mol. The molecule has 21 heavy (non-hydrogen) atoms. The van der Waals surface area contributed by atoms with Crippen molar-refractivity contribution in [1.82, 2.24) is 0 Å². The van der Waals surface area contributed by atoms with E-state index in [1.165, 1.54) is 0 Å². The highest BCUT2D eigenvalue weighted by Gasteiger charge is 2.12. The molecule has 5 nitrogen and oxygen atoms in total. The number of hydrogen-bond donors (Lipinski definition) is 1. The van der Waals surface area contributed by atoms with Gasteiger partial charge in [-0.2, -0.15) is 5.11 Å². The van der Waals surface area contributed by atoms with Crippen molar-refractivity contribution in [3.05, 3.63) is 72.1 Å². The van der Waals surface area contributed by atoms with E-state index in [0.29, 0.717) is 23.3 Å². The molecule has 1 N–H and O–H groups in total. The Morgan fingerprint density at radius 3 is 2.33 bits per heavy atom. The summed E-state index contributed by atoms with van der Waals surface area (Å²) in [6, 6.07) is 15.5. The third-order valence-electron chi connectivity index (χ3n) is 2.74. The van der Waals surface area contributed by atoms with E-state index in [0.717, 1.165) is 0 Å². The number of aliphatic hydroxyl groups is 1. The van der Waals surface area contributed by atoms with Crippen LogP contribution < -0.4 is 4.74 Å². The number of aliphatic hydroxyl groups excluding tert-OH is 1. The lowest BCUT2D eigenvalue weighted by molar-refractivity contribution is 0.102. The number of rotatable bonds is 5. The largest absolute Gasteiger partial charge is 0.513 e. The smallest absolute Gasteiger partial charge is 0.216 e. The van der Waals surface area contributed by atoms with E-state index in [2.05, 4.69) is 10.2 Å². The van der Waals surface area contributed by atoms with Crippen LogP contribution in [0.1, 0.15) is 10.4 Å². The molecule has 0 unspecified atom stereocenters. The van der Waals surface area contributed by atoms with E-state index in [1.807, 2.05) is 18.2 Å². The van der Waals surface area contributed by atoms with Gasteiger partial charge in [0.25, 0.3) is 0 Å². The zero-order chi connectivity index (χ0) is 15.1. The van der Waals surface area contributed by atoms with E-state index in [9.17, 15) is 9.90 Å². The van der Waals surface area contributed by atoms with Crippen molar-refractivity contribution >= 4 is 11.5 Å². The van der Waals surface area contributed by atoms with Crippen LogP contribution in [-0.2, 0) is 0 Å². The molecule has 0 spiro atoms. The number of carbonyl (C=O) groups excluding carboxylic acids is 1. The number of methoxy groups -OCH3 is 1. The second kappa shape index (κ2) is 7.00. The molecule has 0 aliphatic rings. The van der Waals surface area contributed by atoms with Crippen molar-refractivity contribution in [2.75, 3.05) is 7.11 Å². The molecule has 0 saturated carbocycles.